The van der Waals surface area contributed by atoms with Crippen molar-refractivity contribution in [2.24, 2.45) is 5.73 Å². The molecule has 0 aliphatic carbocycles. The zero-order valence-electron chi connectivity index (χ0n) is 10.0. The standard InChI is InChI=1S/C14H18N2O/c1-2-3-4-5-6-7-10-16-11-8-9-13(12-16)14(15)17/h2-8,11-12H,9-10H2,1H3,(H2,15,17). The summed E-state index contributed by atoms with van der Waals surface area (Å²) in [4.78, 5) is 12.9. The quantitative estimate of drug-likeness (QED) is 0.736. The Labute approximate surface area is 102 Å². The minimum atomic E-state index is -0.351. The maximum Gasteiger partial charge on any atom is 0.246 e. The van der Waals surface area contributed by atoms with Gasteiger partial charge in [0.05, 0.1) is 0 Å². The summed E-state index contributed by atoms with van der Waals surface area (Å²) in [6.07, 6.45) is 18.2. The molecule has 1 heterocycles. The minimum absolute atomic E-state index is 0.351. The predicted molar refractivity (Wildman–Crippen MR) is 70.8 cm³/mol. The molecule has 0 aromatic heterocycles. The van der Waals surface area contributed by atoms with E-state index in [1.54, 1.807) is 6.20 Å². The van der Waals surface area contributed by atoms with Crippen molar-refractivity contribution in [2.45, 2.75) is 13.3 Å². The number of rotatable bonds is 5. The molecule has 2 N–H and O–H groups in total. The van der Waals surface area contributed by atoms with Crippen LogP contribution in [-0.2, 0) is 4.79 Å². The lowest BCUT2D eigenvalue weighted by atomic mass is 10.1. The first-order valence-corrected chi connectivity index (χ1v) is 5.61. The number of allylic oxidation sites excluding steroid dienone is 6. The summed E-state index contributed by atoms with van der Waals surface area (Å²) in [6, 6.07) is 0. The molecule has 0 aromatic carbocycles. The average molecular weight is 230 g/mol. The van der Waals surface area contributed by atoms with Crippen LogP contribution in [0.25, 0.3) is 0 Å². The van der Waals surface area contributed by atoms with Crippen LogP contribution in [0.3, 0.4) is 0 Å². The van der Waals surface area contributed by atoms with E-state index in [1.165, 1.54) is 0 Å². The molecule has 0 saturated carbocycles. The third-order valence-corrected chi connectivity index (χ3v) is 2.25. The second-order valence-electron chi connectivity index (χ2n) is 3.64. The first-order valence-electron chi connectivity index (χ1n) is 5.61. The van der Waals surface area contributed by atoms with Crippen molar-refractivity contribution in [1.29, 1.82) is 0 Å². The molecule has 0 unspecified atom stereocenters. The third kappa shape index (κ3) is 5.02. The van der Waals surface area contributed by atoms with Gasteiger partial charge in [-0.2, -0.15) is 0 Å². The molecule has 3 heteroatoms. The van der Waals surface area contributed by atoms with E-state index in [1.807, 2.05) is 60.6 Å². The highest BCUT2D eigenvalue weighted by Crippen LogP contribution is 2.11. The lowest BCUT2D eigenvalue weighted by Crippen LogP contribution is -2.20. The lowest BCUT2D eigenvalue weighted by molar-refractivity contribution is -0.114. The van der Waals surface area contributed by atoms with Gasteiger partial charge in [0.15, 0.2) is 0 Å². The molecular formula is C14H18N2O. The number of primary amides is 1. The van der Waals surface area contributed by atoms with Gasteiger partial charge in [-0.15, -0.1) is 0 Å². The van der Waals surface area contributed by atoms with Gasteiger partial charge in [0, 0.05) is 24.5 Å². The summed E-state index contributed by atoms with van der Waals surface area (Å²) in [6.45, 7) is 2.70. The summed E-state index contributed by atoms with van der Waals surface area (Å²) in [5, 5.41) is 0. The highest BCUT2D eigenvalue weighted by atomic mass is 16.1. The highest BCUT2D eigenvalue weighted by molar-refractivity contribution is 5.92. The van der Waals surface area contributed by atoms with Crippen molar-refractivity contribution in [3.05, 3.63) is 60.5 Å². The van der Waals surface area contributed by atoms with Crippen LogP contribution in [-0.4, -0.2) is 17.4 Å². The summed E-state index contributed by atoms with van der Waals surface area (Å²) in [7, 11) is 0. The van der Waals surface area contributed by atoms with E-state index < -0.39 is 0 Å². The number of carbonyl (C=O) groups excluding carboxylic acids is 1. The predicted octanol–water partition coefficient (Wildman–Crippen LogP) is 2.26. The fourth-order valence-corrected chi connectivity index (χ4v) is 1.39. The second kappa shape index (κ2) is 7.28. The van der Waals surface area contributed by atoms with Gasteiger partial charge < -0.3 is 10.6 Å². The normalized spacial score (nSPS) is 16.3. The van der Waals surface area contributed by atoms with Crippen LogP contribution >= 0.6 is 0 Å². The van der Waals surface area contributed by atoms with E-state index in [0.717, 1.165) is 6.54 Å². The Balaban J connectivity index is 2.44. The molecule has 1 amide bonds. The Morgan fingerprint density at radius 3 is 2.88 bits per heavy atom. The second-order valence-corrected chi connectivity index (χ2v) is 3.64. The molecular weight excluding hydrogens is 212 g/mol. The zero-order valence-corrected chi connectivity index (χ0v) is 10.0. The largest absolute Gasteiger partial charge is 0.366 e. The Hall–Kier alpha value is -2.03. The summed E-state index contributed by atoms with van der Waals surface area (Å²) >= 11 is 0. The number of nitrogens with zero attached hydrogens (tertiary/aromatic N) is 1. The van der Waals surface area contributed by atoms with Crippen LogP contribution in [0.5, 0.6) is 0 Å². The van der Waals surface area contributed by atoms with Crippen molar-refractivity contribution >= 4 is 5.91 Å². The molecule has 0 aromatic rings. The molecule has 0 spiro atoms. The maximum absolute atomic E-state index is 11.0. The number of carbonyl (C=O) groups is 1. The van der Waals surface area contributed by atoms with Gasteiger partial charge >= 0.3 is 0 Å². The number of hydrogen-bond donors (Lipinski definition) is 1. The number of amides is 1. The van der Waals surface area contributed by atoms with Gasteiger partial charge in [-0.3, -0.25) is 4.79 Å². The van der Waals surface area contributed by atoms with Crippen molar-refractivity contribution in [3.8, 4) is 0 Å². The molecule has 0 fully saturated rings. The van der Waals surface area contributed by atoms with Crippen molar-refractivity contribution < 1.29 is 4.79 Å². The Kier molecular flexibility index (Phi) is 5.58. The van der Waals surface area contributed by atoms with E-state index in [0.29, 0.717) is 12.0 Å². The molecule has 1 aliphatic rings. The van der Waals surface area contributed by atoms with Crippen LogP contribution < -0.4 is 5.73 Å². The van der Waals surface area contributed by atoms with E-state index in [9.17, 15) is 4.79 Å². The fraction of sp³-hybridized carbons (Fsp3) is 0.214. The Morgan fingerprint density at radius 2 is 2.18 bits per heavy atom. The van der Waals surface area contributed by atoms with E-state index in [4.69, 9.17) is 5.73 Å². The van der Waals surface area contributed by atoms with Crippen molar-refractivity contribution in [3.63, 3.8) is 0 Å². The molecule has 0 atom stereocenters. The lowest BCUT2D eigenvalue weighted by Gasteiger charge is -2.18. The first kappa shape index (κ1) is 13.0. The zero-order chi connectivity index (χ0) is 12.5. The van der Waals surface area contributed by atoms with Crippen molar-refractivity contribution in [2.75, 3.05) is 6.54 Å². The van der Waals surface area contributed by atoms with E-state index in [2.05, 4.69) is 0 Å². The van der Waals surface area contributed by atoms with E-state index in [-0.39, 0.29) is 5.91 Å². The van der Waals surface area contributed by atoms with Gasteiger partial charge in [0.2, 0.25) is 5.91 Å². The summed E-state index contributed by atoms with van der Waals surface area (Å²) < 4.78 is 0. The highest BCUT2D eigenvalue weighted by Gasteiger charge is 2.08. The summed E-state index contributed by atoms with van der Waals surface area (Å²) in [5.74, 6) is -0.351. The van der Waals surface area contributed by atoms with Gasteiger partial charge in [-0.25, -0.2) is 0 Å². The SMILES string of the molecule is CC=CC=CC=CCN1C=CCC(C(N)=O)=C1. The van der Waals surface area contributed by atoms with Gasteiger partial charge in [-0.05, 0) is 13.3 Å². The van der Waals surface area contributed by atoms with E-state index >= 15 is 0 Å². The average Bonchev–Trinajstić information content (AvgIpc) is 2.34. The molecule has 1 aliphatic heterocycles. The smallest absolute Gasteiger partial charge is 0.246 e. The van der Waals surface area contributed by atoms with Crippen LogP contribution in [0.1, 0.15) is 13.3 Å². The topological polar surface area (TPSA) is 46.3 Å². The Bertz CT molecular complexity index is 400. The fourth-order valence-electron chi connectivity index (χ4n) is 1.39. The molecule has 0 bridgehead atoms. The summed E-state index contributed by atoms with van der Waals surface area (Å²) in [5.41, 5.74) is 5.88. The van der Waals surface area contributed by atoms with Crippen LogP contribution in [0.15, 0.2) is 60.5 Å². The monoisotopic (exact) mass is 230 g/mol. The Morgan fingerprint density at radius 1 is 1.41 bits per heavy atom. The molecule has 1 rings (SSSR count). The molecule has 3 nitrogen and oxygen atoms in total. The molecule has 17 heavy (non-hydrogen) atoms. The van der Waals surface area contributed by atoms with Gasteiger partial charge in [-0.1, -0.05) is 42.5 Å². The van der Waals surface area contributed by atoms with Crippen molar-refractivity contribution in [1.82, 2.24) is 4.90 Å². The molecule has 90 valence electrons. The third-order valence-electron chi connectivity index (χ3n) is 2.25. The number of nitrogens with two attached hydrogens (primary N) is 1. The minimum Gasteiger partial charge on any atom is -0.366 e. The maximum atomic E-state index is 11.0. The number of hydrogen-bond acceptors (Lipinski definition) is 2. The van der Waals surface area contributed by atoms with Gasteiger partial charge in [0.25, 0.3) is 0 Å². The molecule has 0 saturated heterocycles. The molecule has 0 radical (unpaired) electrons. The van der Waals surface area contributed by atoms with Crippen LogP contribution in [0.4, 0.5) is 0 Å². The van der Waals surface area contributed by atoms with Crippen LogP contribution in [0, 0.1) is 0 Å². The van der Waals surface area contributed by atoms with Gasteiger partial charge in [0.1, 0.15) is 0 Å². The first-order chi connectivity index (χ1) is 8.24. The van der Waals surface area contributed by atoms with Crippen LogP contribution in [0.2, 0.25) is 0 Å².